The number of benzene rings is 2. The zero-order valence-corrected chi connectivity index (χ0v) is 14.6. The van der Waals surface area contributed by atoms with Crippen LogP contribution >= 0.6 is 15.9 Å². The topological polar surface area (TPSA) is 21.3 Å². The third-order valence-corrected chi connectivity index (χ3v) is 4.53. The third kappa shape index (κ3) is 3.47. The van der Waals surface area contributed by atoms with E-state index in [4.69, 9.17) is 4.74 Å². The second-order valence-electron chi connectivity index (χ2n) is 5.13. The average Bonchev–Trinajstić information content (AvgIpc) is 2.46. The molecule has 0 aliphatic heterocycles. The molecule has 0 radical (unpaired) electrons. The molecule has 112 valence electrons. The number of rotatable bonds is 5. The Labute approximate surface area is 135 Å². The van der Waals surface area contributed by atoms with Crippen LogP contribution in [-0.4, -0.2) is 13.7 Å². The smallest absolute Gasteiger partial charge is 0.120 e. The van der Waals surface area contributed by atoms with Gasteiger partial charge in [-0.3, -0.25) is 0 Å². The summed E-state index contributed by atoms with van der Waals surface area (Å²) in [7, 11) is 2.00. The number of halogens is 1. The summed E-state index contributed by atoms with van der Waals surface area (Å²) in [5.41, 5.74) is 5.17. The lowest BCUT2D eigenvalue weighted by atomic mass is 9.93. The first-order valence-corrected chi connectivity index (χ1v) is 8.03. The lowest BCUT2D eigenvalue weighted by Gasteiger charge is -2.22. The fourth-order valence-electron chi connectivity index (χ4n) is 2.56. The molecule has 1 atom stereocenters. The molecule has 0 saturated heterocycles. The van der Waals surface area contributed by atoms with Crippen LogP contribution in [0.1, 0.15) is 35.2 Å². The zero-order chi connectivity index (χ0) is 15.4. The van der Waals surface area contributed by atoms with Gasteiger partial charge in [0.2, 0.25) is 0 Å². The number of hydrogen-bond donors (Lipinski definition) is 1. The monoisotopic (exact) mass is 347 g/mol. The minimum atomic E-state index is 0.162. The van der Waals surface area contributed by atoms with Crippen molar-refractivity contribution in [3.8, 4) is 5.75 Å². The van der Waals surface area contributed by atoms with Crippen LogP contribution in [0, 0.1) is 13.8 Å². The lowest BCUT2D eigenvalue weighted by Crippen LogP contribution is -2.19. The molecule has 0 saturated carbocycles. The highest BCUT2D eigenvalue weighted by molar-refractivity contribution is 9.10. The first-order valence-electron chi connectivity index (χ1n) is 7.24. The van der Waals surface area contributed by atoms with E-state index >= 15 is 0 Å². The number of ether oxygens (including phenoxy) is 1. The van der Waals surface area contributed by atoms with E-state index < -0.39 is 0 Å². The number of nitrogens with one attached hydrogen (secondary N) is 1. The minimum absolute atomic E-state index is 0.162. The van der Waals surface area contributed by atoms with Crippen LogP contribution in [0.4, 0.5) is 0 Å². The van der Waals surface area contributed by atoms with Gasteiger partial charge in [0.15, 0.2) is 0 Å². The van der Waals surface area contributed by atoms with Crippen molar-refractivity contribution in [2.75, 3.05) is 13.7 Å². The Bertz CT molecular complexity index is 625. The van der Waals surface area contributed by atoms with E-state index in [1.54, 1.807) is 0 Å². The van der Waals surface area contributed by atoms with Crippen molar-refractivity contribution in [1.82, 2.24) is 5.32 Å². The van der Waals surface area contributed by atoms with E-state index in [1.807, 2.05) is 26.1 Å². The summed E-state index contributed by atoms with van der Waals surface area (Å²) in [5.74, 6) is 0.893. The molecule has 0 aliphatic carbocycles. The van der Waals surface area contributed by atoms with Gasteiger partial charge in [-0.25, -0.2) is 0 Å². The van der Waals surface area contributed by atoms with E-state index in [-0.39, 0.29) is 6.04 Å². The summed E-state index contributed by atoms with van der Waals surface area (Å²) in [6.45, 7) is 7.00. The highest BCUT2D eigenvalue weighted by atomic mass is 79.9. The second kappa shape index (κ2) is 7.10. The van der Waals surface area contributed by atoms with Gasteiger partial charge >= 0.3 is 0 Å². The summed E-state index contributed by atoms with van der Waals surface area (Å²) in [6, 6.07) is 12.8. The fourth-order valence-corrected chi connectivity index (χ4v) is 3.15. The second-order valence-corrected chi connectivity index (χ2v) is 5.98. The summed E-state index contributed by atoms with van der Waals surface area (Å²) < 4.78 is 6.62. The third-order valence-electron chi connectivity index (χ3n) is 3.84. The van der Waals surface area contributed by atoms with E-state index in [0.717, 1.165) is 10.2 Å². The Morgan fingerprint density at radius 3 is 2.52 bits per heavy atom. The van der Waals surface area contributed by atoms with Crippen molar-refractivity contribution < 1.29 is 4.74 Å². The summed E-state index contributed by atoms with van der Waals surface area (Å²) in [6.07, 6.45) is 0. The van der Waals surface area contributed by atoms with Crippen LogP contribution in [0.5, 0.6) is 5.75 Å². The van der Waals surface area contributed by atoms with Gasteiger partial charge in [-0.2, -0.15) is 0 Å². The van der Waals surface area contributed by atoms with Crippen molar-refractivity contribution in [1.29, 1.82) is 0 Å². The van der Waals surface area contributed by atoms with Crippen LogP contribution in [0.15, 0.2) is 40.9 Å². The highest BCUT2D eigenvalue weighted by Gasteiger charge is 2.17. The van der Waals surface area contributed by atoms with Crippen LogP contribution in [0.25, 0.3) is 0 Å². The molecule has 2 aromatic rings. The van der Waals surface area contributed by atoms with Crippen LogP contribution < -0.4 is 10.1 Å². The van der Waals surface area contributed by atoms with Crippen LogP contribution in [-0.2, 0) is 0 Å². The molecule has 2 nitrogen and oxygen atoms in total. The van der Waals surface area contributed by atoms with Crippen LogP contribution in [0.3, 0.4) is 0 Å². The normalized spacial score (nSPS) is 12.2. The molecule has 0 heterocycles. The molecule has 1 N–H and O–H groups in total. The van der Waals surface area contributed by atoms with Crippen LogP contribution in [0.2, 0.25) is 0 Å². The molecule has 2 aromatic carbocycles. The Morgan fingerprint density at radius 1 is 1.14 bits per heavy atom. The molecular weight excluding hydrogens is 326 g/mol. The van der Waals surface area contributed by atoms with E-state index in [2.05, 4.69) is 59.4 Å². The average molecular weight is 348 g/mol. The molecule has 3 heteroatoms. The quantitative estimate of drug-likeness (QED) is 0.840. The molecule has 2 rings (SSSR count). The molecule has 0 bridgehead atoms. The summed E-state index contributed by atoms with van der Waals surface area (Å²) >= 11 is 3.68. The summed E-state index contributed by atoms with van der Waals surface area (Å²) in [5, 5.41) is 3.42. The minimum Gasteiger partial charge on any atom is -0.494 e. The maximum absolute atomic E-state index is 5.55. The van der Waals surface area contributed by atoms with E-state index in [0.29, 0.717) is 6.61 Å². The van der Waals surface area contributed by atoms with Crippen molar-refractivity contribution in [2.45, 2.75) is 26.8 Å². The van der Waals surface area contributed by atoms with Crippen molar-refractivity contribution in [2.24, 2.45) is 0 Å². The molecule has 0 spiro atoms. The molecule has 1 unspecified atom stereocenters. The Balaban J connectivity index is 2.44. The molecule has 0 aliphatic rings. The van der Waals surface area contributed by atoms with Gasteiger partial charge in [0.25, 0.3) is 0 Å². The van der Waals surface area contributed by atoms with Gasteiger partial charge in [-0.1, -0.05) is 40.2 Å². The summed E-state index contributed by atoms with van der Waals surface area (Å²) in [4.78, 5) is 0. The number of aryl methyl sites for hydroxylation is 1. The Hall–Kier alpha value is -1.32. The first-order chi connectivity index (χ1) is 10.1. The predicted octanol–water partition coefficient (Wildman–Crippen LogP) is 4.77. The van der Waals surface area contributed by atoms with E-state index in [9.17, 15) is 0 Å². The van der Waals surface area contributed by atoms with Crippen molar-refractivity contribution in [3.63, 3.8) is 0 Å². The SMILES string of the molecule is CCOc1ccc(C(NC)c2cccc(C)c2C)c(Br)c1. The Morgan fingerprint density at radius 2 is 1.90 bits per heavy atom. The van der Waals surface area contributed by atoms with Gasteiger partial charge in [-0.05, 0) is 62.2 Å². The maximum Gasteiger partial charge on any atom is 0.120 e. The zero-order valence-electron chi connectivity index (χ0n) is 13.0. The van der Waals surface area contributed by atoms with Crippen molar-refractivity contribution in [3.05, 3.63) is 63.1 Å². The van der Waals surface area contributed by atoms with Gasteiger partial charge in [-0.15, -0.1) is 0 Å². The van der Waals surface area contributed by atoms with Gasteiger partial charge in [0.1, 0.15) is 5.75 Å². The Kier molecular flexibility index (Phi) is 5.43. The molecule has 0 amide bonds. The van der Waals surface area contributed by atoms with Gasteiger partial charge < -0.3 is 10.1 Å². The van der Waals surface area contributed by atoms with E-state index in [1.165, 1.54) is 22.3 Å². The van der Waals surface area contributed by atoms with Gasteiger partial charge in [0, 0.05) is 4.47 Å². The molecule has 0 fully saturated rings. The predicted molar refractivity (Wildman–Crippen MR) is 92.1 cm³/mol. The molecular formula is C18H22BrNO. The number of hydrogen-bond acceptors (Lipinski definition) is 2. The standard InChI is InChI=1S/C18H22BrNO/c1-5-21-14-9-10-16(17(19)11-14)18(20-4)15-8-6-7-12(2)13(15)3/h6-11,18,20H,5H2,1-4H3. The molecule has 21 heavy (non-hydrogen) atoms. The highest BCUT2D eigenvalue weighted by Crippen LogP contribution is 2.33. The largest absolute Gasteiger partial charge is 0.494 e. The van der Waals surface area contributed by atoms with Gasteiger partial charge in [0.05, 0.1) is 12.6 Å². The first kappa shape index (κ1) is 16.1. The molecule has 0 aromatic heterocycles. The maximum atomic E-state index is 5.55. The van der Waals surface area contributed by atoms with Crippen molar-refractivity contribution >= 4 is 15.9 Å². The fraction of sp³-hybridized carbons (Fsp3) is 0.333. The lowest BCUT2D eigenvalue weighted by molar-refractivity contribution is 0.340.